The van der Waals surface area contributed by atoms with Crippen LogP contribution in [0.15, 0.2) is 29.1 Å². The lowest BCUT2D eigenvalue weighted by Gasteiger charge is -2.34. The molecular weight excluding hydrogens is 364 g/mol. The van der Waals surface area contributed by atoms with Crippen LogP contribution in [0.4, 0.5) is 5.82 Å². The van der Waals surface area contributed by atoms with E-state index in [0.717, 1.165) is 40.8 Å². The highest BCUT2D eigenvalue weighted by Crippen LogP contribution is 2.35. The van der Waals surface area contributed by atoms with Crippen molar-refractivity contribution in [3.63, 3.8) is 0 Å². The van der Waals surface area contributed by atoms with E-state index in [1.165, 1.54) is 17.7 Å². The van der Waals surface area contributed by atoms with E-state index < -0.39 is 0 Å². The molecule has 4 heterocycles. The average molecular weight is 386 g/mol. The normalized spacial score (nSPS) is 17.4. The monoisotopic (exact) mass is 386 g/mol. The van der Waals surface area contributed by atoms with Crippen LogP contribution in [-0.2, 0) is 6.54 Å². The Kier molecular flexibility index (Phi) is 5.09. The lowest BCUT2D eigenvalue weighted by molar-refractivity contribution is 0.0507. The molecule has 4 rings (SSSR count). The Labute approximate surface area is 161 Å². The van der Waals surface area contributed by atoms with Gasteiger partial charge in [0.25, 0.3) is 5.91 Å². The molecule has 0 saturated carbocycles. The Morgan fingerprint density at radius 1 is 1.44 bits per heavy atom. The number of fused-ring (bicyclic) bond motifs is 1. The molecule has 142 valence electrons. The highest BCUT2D eigenvalue weighted by molar-refractivity contribution is 7.20. The van der Waals surface area contributed by atoms with Gasteiger partial charge in [-0.15, -0.1) is 11.3 Å². The first-order valence-corrected chi connectivity index (χ1v) is 9.93. The molecule has 0 bridgehead atoms. The zero-order valence-electron chi connectivity index (χ0n) is 15.1. The van der Waals surface area contributed by atoms with Gasteiger partial charge in [0.15, 0.2) is 0 Å². The summed E-state index contributed by atoms with van der Waals surface area (Å²) in [7, 11) is 0. The molecule has 0 aromatic carbocycles. The van der Waals surface area contributed by atoms with Crippen molar-refractivity contribution in [2.24, 2.45) is 0 Å². The quantitative estimate of drug-likeness (QED) is 0.700. The maximum Gasteiger partial charge on any atom is 0.264 e. The number of hydrogen-bond donors (Lipinski definition) is 2. The molecule has 8 heteroatoms. The van der Waals surface area contributed by atoms with E-state index in [1.807, 2.05) is 24.0 Å². The number of aliphatic hydroxyl groups excluding tert-OH is 1. The minimum absolute atomic E-state index is 0.00540. The molecule has 1 aliphatic heterocycles. The predicted octanol–water partition coefficient (Wildman–Crippen LogP) is 3.19. The van der Waals surface area contributed by atoms with Crippen LogP contribution in [0.1, 0.15) is 40.3 Å². The van der Waals surface area contributed by atoms with Gasteiger partial charge in [0.2, 0.25) is 0 Å². The van der Waals surface area contributed by atoms with Gasteiger partial charge in [0.05, 0.1) is 35.7 Å². The van der Waals surface area contributed by atoms with Crippen molar-refractivity contribution in [1.29, 1.82) is 0 Å². The molecule has 3 aromatic heterocycles. The summed E-state index contributed by atoms with van der Waals surface area (Å²) in [6, 6.07) is 3.64. The standard InChI is InChI=1S/C19H22N4O3S/c1-12-15-17(20-9-14-6-4-8-26-14)21-11-22-18(15)27-16(12)19(25)23-7-3-2-5-13(23)10-24/h4,6,8,11,13,24H,2-3,5,7,9-10H2,1H3,(H,20,21,22)/t13-/m0/s1. The van der Waals surface area contributed by atoms with E-state index in [0.29, 0.717) is 23.8 Å². The van der Waals surface area contributed by atoms with Crippen LogP contribution < -0.4 is 5.32 Å². The number of furan rings is 1. The number of nitrogens with one attached hydrogen (secondary N) is 1. The van der Waals surface area contributed by atoms with Gasteiger partial charge in [-0.2, -0.15) is 0 Å². The molecule has 3 aromatic rings. The number of hydrogen-bond acceptors (Lipinski definition) is 7. The van der Waals surface area contributed by atoms with E-state index >= 15 is 0 Å². The van der Waals surface area contributed by atoms with Gasteiger partial charge < -0.3 is 19.7 Å². The molecule has 2 N–H and O–H groups in total. The third kappa shape index (κ3) is 3.42. The van der Waals surface area contributed by atoms with Gasteiger partial charge in [0.1, 0.15) is 22.7 Å². The number of anilines is 1. The zero-order chi connectivity index (χ0) is 18.8. The molecule has 1 aliphatic rings. The first-order valence-electron chi connectivity index (χ1n) is 9.11. The fourth-order valence-electron chi connectivity index (χ4n) is 3.58. The molecule has 1 fully saturated rings. The van der Waals surface area contributed by atoms with Crippen LogP contribution >= 0.6 is 11.3 Å². The van der Waals surface area contributed by atoms with Crippen molar-refractivity contribution in [2.45, 2.75) is 38.8 Å². The van der Waals surface area contributed by atoms with Crippen LogP contribution in [0.5, 0.6) is 0 Å². The summed E-state index contributed by atoms with van der Waals surface area (Å²) < 4.78 is 5.36. The fourth-order valence-corrected chi connectivity index (χ4v) is 4.69. The molecule has 0 unspecified atom stereocenters. The maximum atomic E-state index is 13.2. The van der Waals surface area contributed by atoms with E-state index in [9.17, 15) is 9.90 Å². The minimum Gasteiger partial charge on any atom is -0.467 e. The smallest absolute Gasteiger partial charge is 0.264 e. The largest absolute Gasteiger partial charge is 0.467 e. The summed E-state index contributed by atoms with van der Waals surface area (Å²) in [6.45, 7) is 3.14. The Balaban J connectivity index is 1.65. The Bertz CT molecular complexity index is 938. The van der Waals surface area contributed by atoms with Crippen LogP contribution in [0.25, 0.3) is 10.2 Å². The lowest BCUT2D eigenvalue weighted by atomic mass is 10.0. The number of amides is 1. The SMILES string of the molecule is Cc1c(C(=O)N2CCCC[C@H]2CO)sc2ncnc(NCc3ccco3)c12. The number of piperidine rings is 1. The van der Waals surface area contributed by atoms with Crippen molar-refractivity contribution in [3.8, 4) is 0 Å². The summed E-state index contributed by atoms with van der Waals surface area (Å²) in [5.41, 5.74) is 0.879. The fraction of sp³-hybridized carbons (Fsp3) is 0.421. The molecule has 0 radical (unpaired) electrons. The van der Waals surface area contributed by atoms with Crippen molar-refractivity contribution >= 4 is 33.3 Å². The minimum atomic E-state index is -0.0986. The lowest BCUT2D eigenvalue weighted by Crippen LogP contribution is -2.45. The first-order chi connectivity index (χ1) is 13.2. The Morgan fingerprint density at radius 2 is 2.33 bits per heavy atom. The number of nitrogens with zero attached hydrogens (tertiary/aromatic N) is 3. The highest BCUT2D eigenvalue weighted by Gasteiger charge is 2.30. The second kappa shape index (κ2) is 7.66. The van der Waals surface area contributed by atoms with Gasteiger partial charge in [-0.25, -0.2) is 9.97 Å². The molecular formula is C19H22N4O3S. The van der Waals surface area contributed by atoms with Crippen LogP contribution in [-0.4, -0.2) is 45.1 Å². The van der Waals surface area contributed by atoms with E-state index in [1.54, 1.807) is 6.26 Å². The van der Waals surface area contributed by atoms with Gasteiger partial charge in [-0.05, 0) is 43.9 Å². The zero-order valence-corrected chi connectivity index (χ0v) is 16.0. The maximum absolute atomic E-state index is 13.2. The summed E-state index contributed by atoms with van der Waals surface area (Å²) in [4.78, 5) is 25.1. The number of likely N-dealkylation sites (tertiary alicyclic amines) is 1. The number of carbonyl (C=O) groups excluding carboxylic acids is 1. The summed E-state index contributed by atoms with van der Waals surface area (Å²) in [5, 5.41) is 13.8. The highest BCUT2D eigenvalue weighted by atomic mass is 32.1. The molecule has 0 aliphatic carbocycles. The average Bonchev–Trinajstić information content (AvgIpc) is 3.34. The first kappa shape index (κ1) is 17.9. The molecule has 0 spiro atoms. The third-order valence-electron chi connectivity index (χ3n) is 5.03. The number of aliphatic hydroxyl groups is 1. The number of carbonyl (C=O) groups is 1. The number of thiophene rings is 1. The number of aryl methyl sites for hydroxylation is 1. The predicted molar refractivity (Wildman–Crippen MR) is 104 cm³/mol. The molecule has 1 amide bonds. The topological polar surface area (TPSA) is 91.5 Å². The van der Waals surface area contributed by atoms with E-state index in [4.69, 9.17) is 4.42 Å². The second-order valence-electron chi connectivity index (χ2n) is 6.72. The number of rotatable bonds is 5. The summed E-state index contributed by atoms with van der Waals surface area (Å²) in [6.07, 6.45) is 6.01. The van der Waals surface area contributed by atoms with Crippen molar-refractivity contribution < 1.29 is 14.3 Å². The van der Waals surface area contributed by atoms with Gasteiger partial charge in [0, 0.05) is 6.54 Å². The summed E-state index contributed by atoms with van der Waals surface area (Å²) >= 11 is 1.39. The molecule has 1 atom stereocenters. The van der Waals surface area contributed by atoms with Gasteiger partial charge in [-0.1, -0.05) is 0 Å². The van der Waals surface area contributed by atoms with E-state index in [2.05, 4.69) is 15.3 Å². The summed E-state index contributed by atoms with van der Waals surface area (Å²) in [5.74, 6) is 1.48. The Morgan fingerprint density at radius 3 is 3.11 bits per heavy atom. The van der Waals surface area contributed by atoms with Crippen LogP contribution in [0.3, 0.4) is 0 Å². The van der Waals surface area contributed by atoms with E-state index in [-0.39, 0.29) is 18.6 Å². The Hall–Kier alpha value is -2.45. The van der Waals surface area contributed by atoms with Crippen molar-refractivity contribution in [3.05, 3.63) is 40.9 Å². The molecule has 27 heavy (non-hydrogen) atoms. The second-order valence-corrected chi connectivity index (χ2v) is 7.72. The van der Waals surface area contributed by atoms with Crippen LogP contribution in [0, 0.1) is 6.92 Å². The third-order valence-corrected chi connectivity index (χ3v) is 6.22. The van der Waals surface area contributed by atoms with Crippen LogP contribution in [0.2, 0.25) is 0 Å². The molecule has 7 nitrogen and oxygen atoms in total. The van der Waals surface area contributed by atoms with Crippen molar-refractivity contribution in [1.82, 2.24) is 14.9 Å². The van der Waals surface area contributed by atoms with Gasteiger partial charge in [-0.3, -0.25) is 4.79 Å². The molecule has 1 saturated heterocycles. The number of aromatic nitrogens is 2. The van der Waals surface area contributed by atoms with Gasteiger partial charge >= 0.3 is 0 Å². The van der Waals surface area contributed by atoms with Crippen molar-refractivity contribution in [2.75, 3.05) is 18.5 Å².